The number of amides is 6. The van der Waals surface area contributed by atoms with Crippen LogP contribution in [0.15, 0.2) is 36.4 Å². The lowest BCUT2D eigenvalue weighted by Gasteiger charge is -2.32. The maximum absolute atomic E-state index is 14.3. The van der Waals surface area contributed by atoms with Crippen molar-refractivity contribution in [3.05, 3.63) is 47.5 Å². The van der Waals surface area contributed by atoms with Gasteiger partial charge in [-0.15, -0.1) is 0 Å². The fourth-order valence-corrected chi connectivity index (χ4v) is 8.56. The number of hydrogen-bond donors (Lipinski definition) is 4. The number of rotatable bonds is 7. The third-order valence-corrected chi connectivity index (χ3v) is 11.8. The number of urea groups is 1. The smallest absolute Gasteiger partial charge is 0.410 e. The minimum atomic E-state index is -1.27. The summed E-state index contributed by atoms with van der Waals surface area (Å²) in [5.74, 6) is -2.10. The van der Waals surface area contributed by atoms with Gasteiger partial charge in [-0.3, -0.25) is 14.4 Å². The van der Waals surface area contributed by atoms with Crippen LogP contribution in [0.4, 0.5) is 9.59 Å². The van der Waals surface area contributed by atoms with Gasteiger partial charge in [0, 0.05) is 32.5 Å². The van der Waals surface area contributed by atoms with Crippen molar-refractivity contribution in [3.63, 3.8) is 0 Å². The molecule has 5 aliphatic rings. The van der Waals surface area contributed by atoms with Gasteiger partial charge >= 0.3 is 18.1 Å². The first-order valence-electron chi connectivity index (χ1n) is 19.9. The summed E-state index contributed by atoms with van der Waals surface area (Å²) in [6.07, 6.45) is 11.7. The highest BCUT2D eigenvalue weighted by Crippen LogP contribution is 2.46. The molecule has 6 amide bonds. The van der Waals surface area contributed by atoms with Crippen molar-refractivity contribution < 1.29 is 38.2 Å². The number of ether oxygens (including phenoxy) is 2. The van der Waals surface area contributed by atoms with E-state index in [0.29, 0.717) is 38.8 Å². The van der Waals surface area contributed by atoms with Crippen LogP contribution in [-0.4, -0.2) is 102 Å². The molecule has 3 heterocycles. The van der Waals surface area contributed by atoms with Crippen molar-refractivity contribution in [3.8, 4) is 0 Å². The standard InChI is InChI=1S/C40H56N6O8/c1-3-53-37(50)40-23-29(40)18-10-5-4-6-11-19-31(34(47)43-33(36(49)41-2)27-15-8-7-9-16-27)42-35(48)32-22-30(25-46(32)38(51)44-40)54-39(52)45-21-20-26-14-12-13-17-28(26)24-45/h10,12-14,17-18,27,29-33H,3-9,11,15-16,19-25H2,1-2H3,(H,41,49)(H,42,48)(H,43,47)(H,44,51)/b18-10-/t29?,30-,31-,32+,33-,40?/m0/s1. The van der Waals surface area contributed by atoms with E-state index in [1.54, 1.807) is 18.9 Å². The number of carbonyl (C=O) groups excluding carboxylic acids is 6. The lowest BCUT2D eigenvalue weighted by atomic mass is 9.83. The Morgan fingerprint density at radius 3 is 2.50 bits per heavy atom. The molecule has 2 saturated carbocycles. The predicted molar refractivity (Wildman–Crippen MR) is 199 cm³/mol. The first-order chi connectivity index (χ1) is 26.1. The topological polar surface area (TPSA) is 175 Å². The Kier molecular flexibility index (Phi) is 12.8. The molecule has 0 aromatic heterocycles. The zero-order valence-electron chi connectivity index (χ0n) is 31.6. The molecule has 4 N–H and O–H groups in total. The number of carbonyl (C=O) groups is 6. The van der Waals surface area contributed by atoms with Gasteiger partial charge in [-0.2, -0.15) is 0 Å². The van der Waals surface area contributed by atoms with Crippen LogP contribution in [0.5, 0.6) is 0 Å². The second-order valence-corrected chi connectivity index (χ2v) is 15.4. The number of nitrogens with one attached hydrogen (secondary N) is 4. The summed E-state index contributed by atoms with van der Waals surface area (Å²) in [5.41, 5.74) is 0.951. The second kappa shape index (κ2) is 17.7. The van der Waals surface area contributed by atoms with Crippen molar-refractivity contribution in [2.45, 2.75) is 127 Å². The number of likely N-dealkylation sites (N-methyl/N-ethyl adjacent to an activating group) is 1. The van der Waals surface area contributed by atoms with Gasteiger partial charge in [0.05, 0.1) is 13.2 Å². The van der Waals surface area contributed by atoms with Crippen molar-refractivity contribution in [1.29, 1.82) is 0 Å². The zero-order valence-corrected chi connectivity index (χ0v) is 31.6. The minimum absolute atomic E-state index is 0.00242. The fraction of sp³-hybridized carbons (Fsp3) is 0.650. The Bertz CT molecular complexity index is 1600. The molecule has 14 nitrogen and oxygen atoms in total. The van der Waals surface area contributed by atoms with E-state index in [1.165, 1.54) is 10.5 Å². The van der Waals surface area contributed by atoms with Crippen LogP contribution in [0.25, 0.3) is 0 Å². The monoisotopic (exact) mass is 748 g/mol. The van der Waals surface area contributed by atoms with Gasteiger partial charge in [0.25, 0.3) is 0 Å². The molecule has 1 aromatic carbocycles. The van der Waals surface area contributed by atoms with Gasteiger partial charge in [0.15, 0.2) is 0 Å². The Labute approximate surface area is 317 Å². The molecule has 2 unspecified atom stereocenters. The van der Waals surface area contributed by atoms with E-state index >= 15 is 0 Å². The summed E-state index contributed by atoms with van der Waals surface area (Å²) in [6, 6.07) is 4.48. The number of nitrogens with zero attached hydrogens (tertiary/aromatic N) is 2. The highest BCUT2D eigenvalue weighted by molar-refractivity contribution is 5.96. The molecule has 54 heavy (non-hydrogen) atoms. The van der Waals surface area contributed by atoms with Gasteiger partial charge in [0.2, 0.25) is 17.7 Å². The van der Waals surface area contributed by atoms with Crippen LogP contribution in [-0.2, 0) is 41.6 Å². The summed E-state index contributed by atoms with van der Waals surface area (Å²) in [5, 5.41) is 11.5. The SMILES string of the molecule is CCOC(=O)C12CC1/C=C\CCCCC[C@@H](C(=O)N[C@H](C(=O)NC)C1CCCCC1)NC(=O)[C@H]1C[C@H](OC(=O)N3CCc4ccccc4C3)CN1C(=O)N2. The molecular formula is C40H56N6O8. The lowest BCUT2D eigenvalue weighted by Crippen LogP contribution is -2.59. The zero-order chi connectivity index (χ0) is 38.2. The highest BCUT2D eigenvalue weighted by atomic mass is 16.6. The number of benzene rings is 1. The van der Waals surface area contributed by atoms with Gasteiger partial charge in [0.1, 0.15) is 29.8 Å². The summed E-state index contributed by atoms with van der Waals surface area (Å²) < 4.78 is 11.3. The molecule has 1 aromatic rings. The third kappa shape index (κ3) is 9.01. The van der Waals surface area contributed by atoms with E-state index < -0.39 is 59.7 Å². The van der Waals surface area contributed by atoms with E-state index in [4.69, 9.17) is 9.47 Å². The molecule has 0 spiro atoms. The van der Waals surface area contributed by atoms with Crippen molar-refractivity contribution >= 4 is 35.8 Å². The van der Waals surface area contributed by atoms with E-state index in [0.717, 1.165) is 56.9 Å². The Hall–Kier alpha value is -4.62. The molecule has 14 heteroatoms. The quantitative estimate of drug-likeness (QED) is 0.242. The van der Waals surface area contributed by atoms with Crippen molar-refractivity contribution in [2.75, 3.05) is 26.7 Å². The Morgan fingerprint density at radius 1 is 1.00 bits per heavy atom. The number of allylic oxidation sites excluding steroid dienone is 1. The van der Waals surface area contributed by atoms with Crippen LogP contribution in [0.3, 0.4) is 0 Å². The van der Waals surface area contributed by atoms with Crippen LogP contribution < -0.4 is 21.3 Å². The van der Waals surface area contributed by atoms with Gasteiger partial charge in [-0.25, -0.2) is 14.4 Å². The first kappa shape index (κ1) is 39.1. The first-order valence-corrected chi connectivity index (χ1v) is 19.9. The summed E-state index contributed by atoms with van der Waals surface area (Å²) in [7, 11) is 1.55. The fourth-order valence-electron chi connectivity index (χ4n) is 8.56. The molecule has 1 saturated heterocycles. The summed E-state index contributed by atoms with van der Waals surface area (Å²) >= 11 is 0. The maximum atomic E-state index is 14.3. The van der Waals surface area contributed by atoms with Crippen LogP contribution in [0.1, 0.15) is 95.1 Å². The third-order valence-electron chi connectivity index (χ3n) is 11.8. The normalized spacial score (nSPS) is 28.9. The average Bonchev–Trinajstić information content (AvgIpc) is 3.71. The average molecular weight is 749 g/mol. The molecule has 6 rings (SSSR count). The molecular weight excluding hydrogens is 692 g/mol. The second-order valence-electron chi connectivity index (χ2n) is 15.4. The molecule has 2 aliphatic carbocycles. The van der Waals surface area contributed by atoms with Crippen molar-refractivity contribution in [2.24, 2.45) is 11.8 Å². The Balaban J connectivity index is 1.22. The molecule has 0 radical (unpaired) electrons. The lowest BCUT2D eigenvalue weighted by molar-refractivity contribution is -0.147. The summed E-state index contributed by atoms with van der Waals surface area (Å²) in [4.78, 5) is 85.0. The van der Waals surface area contributed by atoms with Gasteiger partial charge < -0.3 is 40.5 Å². The van der Waals surface area contributed by atoms with E-state index in [2.05, 4.69) is 21.3 Å². The van der Waals surface area contributed by atoms with Crippen LogP contribution >= 0.6 is 0 Å². The number of esters is 1. The summed E-state index contributed by atoms with van der Waals surface area (Å²) in [6.45, 7) is 2.63. The highest BCUT2D eigenvalue weighted by Gasteiger charge is 2.62. The van der Waals surface area contributed by atoms with Crippen LogP contribution in [0, 0.1) is 11.8 Å². The van der Waals surface area contributed by atoms with E-state index in [-0.39, 0.29) is 37.3 Å². The van der Waals surface area contributed by atoms with Crippen molar-refractivity contribution in [1.82, 2.24) is 31.1 Å². The maximum Gasteiger partial charge on any atom is 0.410 e. The number of fused-ring (bicyclic) bond motifs is 3. The molecule has 294 valence electrons. The Morgan fingerprint density at radius 2 is 1.74 bits per heavy atom. The molecule has 0 bridgehead atoms. The predicted octanol–water partition coefficient (Wildman–Crippen LogP) is 3.47. The van der Waals surface area contributed by atoms with Gasteiger partial charge in [-0.1, -0.05) is 68.5 Å². The van der Waals surface area contributed by atoms with Gasteiger partial charge in [-0.05, 0) is 68.9 Å². The largest absolute Gasteiger partial charge is 0.464 e. The number of hydrogen-bond acceptors (Lipinski definition) is 8. The van der Waals surface area contributed by atoms with E-state index in [1.807, 2.05) is 36.4 Å². The molecule has 3 fully saturated rings. The minimum Gasteiger partial charge on any atom is -0.464 e. The van der Waals surface area contributed by atoms with Crippen LogP contribution in [0.2, 0.25) is 0 Å². The molecule has 3 aliphatic heterocycles. The van der Waals surface area contributed by atoms with E-state index in [9.17, 15) is 28.8 Å². The molecule has 6 atom stereocenters.